The quantitative estimate of drug-likeness (QED) is 0.927. The maximum absolute atomic E-state index is 12.7. The Balaban J connectivity index is 1.88. The van der Waals surface area contributed by atoms with Crippen LogP contribution in [0, 0.1) is 0 Å². The number of carbonyl (C=O) groups excluding carboxylic acids is 1. The van der Waals surface area contributed by atoms with Crippen LogP contribution in [0.1, 0.15) is 23.2 Å². The molecule has 0 bridgehead atoms. The average Bonchev–Trinajstić information content (AvgIpc) is 2.94. The fourth-order valence-corrected chi connectivity index (χ4v) is 2.93. The number of likely N-dealkylation sites (N-methyl/N-ethyl adjacent to an activating group) is 1. The van der Waals surface area contributed by atoms with E-state index in [0.29, 0.717) is 6.04 Å². The van der Waals surface area contributed by atoms with Gasteiger partial charge in [0.2, 0.25) is 0 Å². The number of fused-ring (bicyclic) bond motifs is 1. The fourth-order valence-electron chi connectivity index (χ4n) is 2.93. The lowest BCUT2D eigenvalue weighted by Crippen LogP contribution is -2.40. The molecule has 20 heavy (non-hydrogen) atoms. The van der Waals surface area contributed by atoms with E-state index in [0.717, 1.165) is 42.4 Å². The van der Waals surface area contributed by atoms with Crippen LogP contribution in [0.15, 0.2) is 36.5 Å². The minimum Gasteiger partial charge on any atom is -0.334 e. The normalized spacial score (nSPS) is 18.6. The Hall–Kier alpha value is -1.94. The lowest BCUT2D eigenvalue weighted by Gasteiger charge is -2.24. The van der Waals surface area contributed by atoms with Crippen molar-refractivity contribution in [3.05, 3.63) is 42.1 Å². The summed E-state index contributed by atoms with van der Waals surface area (Å²) < 4.78 is 0. The van der Waals surface area contributed by atoms with Crippen molar-refractivity contribution in [2.75, 3.05) is 20.1 Å². The molecule has 0 radical (unpaired) electrons. The predicted octanol–water partition coefficient (Wildman–Crippen LogP) is 2.06. The van der Waals surface area contributed by atoms with Gasteiger partial charge in [-0.15, -0.1) is 0 Å². The molecule has 0 unspecified atom stereocenters. The van der Waals surface area contributed by atoms with Crippen molar-refractivity contribution in [1.29, 1.82) is 0 Å². The van der Waals surface area contributed by atoms with Crippen LogP contribution in [0.5, 0.6) is 0 Å². The van der Waals surface area contributed by atoms with Crippen LogP contribution >= 0.6 is 0 Å². The number of rotatable bonds is 3. The average molecular weight is 269 g/mol. The van der Waals surface area contributed by atoms with Crippen LogP contribution in [0.2, 0.25) is 0 Å². The summed E-state index contributed by atoms with van der Waals surface area (Å²) in [6.45, 7) is 1.72. The molecule has 1 aromatic carbocycles. The second-order valence-electron chi connectivity index (χ2n) is 5.26. The Morgan fingerprint density at radius 2 is 2.35 bits per heavy atom. The standard InChI is InChI=1S/C16H19N3O/c1-17-11-14-5-3-9-19(14)16(20)13-6-7-15-12(10-13)4-2-8-18-15/h2,4,6-8,10,14,17H,3,5,9,11H2,1H3/t14-/m1/s1. The number of benzene rings is 1. The number of nitrogens with zero attached hydrogens (tertiary/aromatic N) is 2. The summed E-state index contributed by atoms with van der Waals surface area (Å²) in [6.07, 6.45) is 3.95. The third-order valence-corrected chi connectivity index (χ3v) is 3.93. The summed E-state index contributed by atoms with van der Waals surface area (Å²) >= 11 is 0. The van der Waals surface area contributed by atoms with E-state index in [1.165, 1.54) is 0 Å². The first-order valence-electron chi connectivity index (χ1n) is 7.10. The first-order chi connectivity index (χ1) is 9.79. The van der Waals surface area contributed by atoms with Gasteiger partial charge in [0.05, 0.1) is 5.52 Å². The maximum Gasteiger partial charge on any atom is 0.254 e. The summed E-state index contributed by atoms with van der Waals surface area (Å²) in [5.41, 5.74) is 1.69. The second kappa shape index (κ2) is 5.59. The highest BCUT2D eigenvalue weighted by Gasteiger charge is 2.28. The van der Waals surface area contributed by atoms with Gasteiger partial charge in [0, 0.05) is 36.3 Å². The molecule has 1 aromatic heterocycles. The summed E-state index contributed by atoms with van der Waals surface area (Å²) in [7, 11) is 1.93. The number of likely N-dealkylation sites (tertiary alicyclic amines) is 1. The van der Waals surface area contributed by atoms with Gasteiger partial charge in [-0.05, 0) is 44.2 Å². The van der Waals surface area contributed by atoms with Crippen LogP contribution in [0.3, 0.4) is 0 Å². The Labute approximate surface area is 118 Å². The van der Waals surface area contributed by atoms with E-state index in [1.54, 1.807) is 6.20 Å². The SMILES string of the molecule is CNC[C@H]1CCCN1C(=O)c1ccc2ncccc2c1. The maximum atomic E-state index is 12.7. The molecule has 1 saturated heterocycles. The van der Waals surface area contributed by atoms with Crippen LogP contribution < -0.4 is 5.32 Å². The van der Waals surface area contributed by atoms with Gasteiger partial charge in [-0.3, -0.25) is 9.78 Å². The van der Waals surface area contributed by atoms with E-state index in [4.69, 9.17) is 0 Å². The third kappa shape index (κ3) is 2.39. The second-order valence-corrected chi connectivity index (χ2v) is 5.26. The van der Waals surface area contributed by atoms with Gasteiger partial charge < -0.3 is 10.2 Å². The fraction of sp³-hybridized carbons (Fsp3) is 0.375. The molecule has 1 amide bonds. The number of hydrogen-bond donors (Lipinski definition) is 1. The molecule has 2 heterocycles. The zero-order valence-electron chi connectivity index (χ0n) is 11.7. The van der Waals surface area contributed by atoms with Crippen molar-refractivity contribution >= 4 is 16.8 Å². The summed E-state index contributed by atoms with van der Waals surface area (Å²) in [5.74, 6) is 0.133. The molecule has 4 nitrogen and oxygen atoms in total. The van der Waals surface area contributed by atoms with Crippen molar-refractivity contribution in [1.82, 2.24) is 15.2 Å². The lowest BCUT2D eigenvalue weighted by molar-refractivity contribution is 0.0737. The minimum atomic E-state index is 0.133. The minimum absolute atomic E-state index is 0.133. The third-order valence-electron chi connectivity index (χ3n) is 3.93. The van der Waals surface area contributed by atoms with Gasteiger partial charge >= 0.3 is 0 Å². The van der Waals surface area contributed by atoms with Gasteiger partial charge in [0.25, 0.3) is 5.91 Å². The van der Waals surface area contributed by atoms with E-state index < -0.39 is 0 Å². The highest BCUT2D eigenvalue weighted by Crippen LogP contribution is 2.21. The molecule has 2 aromatic rings. The largest absolute Gasteiger partial charge is 0.334 e. The molecule has 1 atom stereocenters. The van der Waals surface area contributed by atoms with E-state index in [9.17, 15) is 4.79 Å². The Kier molecular flexibility index (Phi) is 3.65. The topological polar surface area (TPSA) is 45.2 Å². The summed E-state index contributed by atoms with van der Waals surface area (Å²) in [6, 6.07) is 9.96. The van der Waals surface area contributed by atoms with Crippen molar-refractivity contribution in [2.45, 2.75) is 18.9 Å². The molecule has 0 aliphatic carbocycles. The van der Waals surface area contributed by atoms with Crippen molar-refractivity contribution in [2.24, 2.45) is 0 Å². The first kappa shape index (κ1) is 13.1. The molecular formula is C16H19N3O. The number of carbonyl (C=O) groups is 1. The van der Waals surface area contributed by atoms with E-state index >= 15 is 0 Å². The number of pyridine rings is 1. The number of hydrogen-bond acceptors (Lipinski definition) is 3. The van der Waals surface area contributed by atoms with Crippen molar-refractivity contribution in [3.63, 3.8) is 0 Å². The summed E-state index contributed by atoms with van der Waals surface area (Å²) in [5, 5.41) is 4.19. The van der Waals surface area contributed by atoms with Gasteiger partial charge in [0.15, 0.2) is 0 Å². The number of amides is 1. The van der Waals surface area contributed by atoms with E-state index in [2.05, 4.69) is 10.3 Å². The van der Waals surface area contributed by atoms with Crippen LogP contribution in [0.4, 0.5) is 0 Å². The first-order valence-corrected chi connectivity index (χ1v) is 7.10. The zero-order chi connectivity index (χ0) is 13.9. The molecule has 1 aliphatic heterocycles. The van der Waals surface area contributed by atoms with Gasteiger partial charge in [-0.25, -0.2) is 0 Å². The van der Waals surface area contributed by atoms with E-state index in [1.807, 2.05) is 42.3 Å². The van der Waals surface area contributed by atoms with E-state index in [-0.39, 0.29) is 5.91 Å². The monoisotopic (exact) mass is 269 g/mol. The molecule has 1 aliphatic rings. The highest BCUT2D eigenvalue weighted by atomic mass is 16.2. The summed E-state index contributed by atoms with van der Waals surface area (Å²) in [4.78, 5) is 18.9. The highest BCUT2D eigenvalue weighted by molar-refractivity contribution is 5.98. The van der Waals surface area contributed by atoms with Crippen LogP contribution in [0.25, 0.3) is 10.9 Å². The molecule has 1 N–H and O–H groups in total. The number of aromatic nitrogens is 1. The molecule has 0 saturated carbocycles. The Morgan fingerprint density at radius 3 is 3.20 bits per heavy atom. The number of nitrogens with one attached hydrogen (secondary N) is 1. The van der Waals surface area contributed by atoms with Crippen LogP contribution in [-0.2, 0) is 0 Å². The van der Waals surface area contributed by atoms with Crippen LogP contribution in [-0.4, -0.2) is 42.0 Å². The molecule has 3 rings (SSSR count). The molecular weight excluding hydrogens is 250 g/mol. The Bertz CT molecular complexity index is 626. The lowest BCUT2D eigenvalue weighted by atomic mass is 10.1. The molecule has 4 heteroatoms. The van der Waals surface area contributed by atoms with Gasteiger partial charge in [-0.2, -0.15) is 0 Å². The molecule has 104 valence electrons. The van der Waals surface area contributed by atoms with Crippen molar-refractivity contribution in [3.8, 4) is 0 Å². The predicted molar refractivity (Wildman–Crippen MR) is 79.7 cm³/mol. The van der Waals surface area contributed by atoms with Gasteiger partial charge in [-0.1, -0.05) is 6.07 Å². The molecule has 1 fully saturated rings. The molecule has 0 spiro atoms. The zero-order valence-corrected chi connectivity index (χ0v) is 11.7. The Morgan fingerprint density at radius 1 is 1.45 bits per heavy atom. The van der Waals surface area contributed by atoms with Gasteiger partial charge in [0.1, 0.15) is 0 Å². The smallest absolute Gasteiger partial charge is 0.254 e. The van der Waals surface area contributed by atoms with Crippen molar-refractivity contribution < 1.29 is 4.79 Å².